The van der Waals surface area contributed by atoms with Gasteiger partial charge in [-0.3, -0.25) is 0 Å². The second kappa shape index (κ2) is 5.03. The van der Waals surface area contributed by atoms with Gasteiger partial charge in [-0.2, -0.15) is 0 Å². The number of ether oxygens (including phenoxy) is 1. The summed E-state index contributed by atoms with van der Waals surface area (Å²) in [6, 6.07) is 1.86. The number of rotatable bonds is 4. The summed E-state index contributed by atoms with van der Waals surface area (Å²) in [5.41, 5.74) is 8.69. The van der Waals surface area contributed by atoms with Crippen LogP contribution in [0, 0.1) is 13.8 Å². The van der Waals surface area contributed by atoms with Crippen molar-refractivity contribution in [3.63, 3.8) is 0 Å². The Labute approximate surface area is 90.9 Å². The van der Waals surface area contributed by atoms with Crippen LogP contribution >= 0.6 is 0 Å². The Morgan fingerprint density at radius 2 is 2.07 bits per heavy atom. The average Bonchev–Trinajstić information content (AvgIpc) is 2.23. The lowest BCUT2D eigenvalue weighted by molar-refractivity contribution is 0.369. The molecule has 1 aromatic rings. The van der Waals surface area contributed by atoms with Gasteiger partial charge in [0.15, 0.2) is 11.5 Å². The maximum Gasteiger partial charge on any atom is 0.161 e. The minimum Gasteiger partial charge on any atom is -0.504 e. The van der Waals surface area contributed by atoms with E-state index in [4.69, 9.17) is 10.5 Å². The highest BCUT2D eigenvalue weighted by atomic mass is 16.5. The van der Waals surface area contributed by atoms with E-state index in [0.29, 0.717) is 12.3 Å². The number of methoxy groups -OCH3 is 1. The number of hydrogen-bond donors (Lipinski definition) is 2. The number of aromatic hydroxyl groups is 1. The number of aryl methyl sites for hydroxylation is 1. The van der Waals surface area contributed by atoms with Crippen LogP contribution < -0.4 is 10.5 Å². The molecule has 0 aliphatic carbocycles. The van der Waals surface area contributed by atoms with Crippen molar-refractivity contribution in [2.24, 2.45) is 5.73 Å². The molecule has 0 heterocycles. The Hall–Kier alpha value is -1.22. The Balaban J connectivity index is 3.15. The van der Waals surface area contributed by atoms with E-state index in [0.717, 1.165) is 29.5 Å². The van der Waals surface area contributed by atoms with Crippen LogP contribution in [-0.2, 0) is 6.42 Å². The Morgan fingerprint density at radius 3 is 2.60 bits per heavy atom. The smallest absolute Gasteiger partial charge is 0.161 e. The third-order valence-corrected chi connectivity index (χ3v) is 2.76. The Bertz CT molecular complexity index is 348. The summed E-state index contributed by atoms with van der Waals surface area (Å²) in [4.78, 5) is 0. The van der Waals surface area contributed by atoms with E-state index in [2.05, 4.69) is 0 Å². The van der Waals surface area contributed by atoms with Gasteiger partial charge in [-0.25, -0.2) is 0 Å². The molecule has 3 nitrogen and oxygen atoms in total. The molecule has 15 heavy (non-hydrogen) atoms. The van der Waals surface area contributed by atoms with E-state index in [1.54, 1.807) is 7.11 Å². The van der Waals surface area contributed by atoms with Crippen LogP contribution in [0.25, 0.3) is 0 Å². The van der Waals surface area contributed by atoms with Gasteiger partial charge in [0.05, 0.1) is 7.11 Å². The van der Waals surface area contributed by atoms with Crippen LogP contribution in [0.5, 0.6) is 11.5 Å². The van der Waals surface area contributed by atoms with Crippen molar-refractivity contribution < 1.29 is 9.84 Å². The van der Waals surface area contributed by atoms with Crippen LogP contribution in [0.1, 0.15) is 23.1 Å². The molecule has 0 aliphatic heterocycles. The maximum atomic E-state index is 9.95. The zero-order valence-electron chi connectivity index (χ0n) is 9.63. The first-order chi connectivity index (χ1) is 7.11. The predicted octanol–water partition coefficient (Wildman–Crippen LogP) is 1.91. The van der Waals surface area contributed by atoms with Crippen LogP contribution in [0.15, 0.2) is 6.07 Å². The molecule has 0 spiro atoms. The summed E-state index contributed by atoms with van der Waals surface area (Å²) in [6.07, 6.45) is 1.67. The quantitative estimate of drug-likeness (QED) is 0.796. The second-order valence-corrected chi connectivity index (χ2v) is 3.74. The van der Waals surface area contributed by atoms with Crippen molar-refractivity contribution in [1.29, 1.82) is 0 Å². The summed E-state index contributed by atoms with van der Waals surface area (Å²) < 4.78 is 5.12. The van der Waals surface area contributed by atoms with Crippen molar-refractivity contribution in [2.75, 3.05) is 13.7 Å². The van der Waals surface area contributed by atoms with E-state index in [1.165, 1.54) is 0 Å². The van der Waals surface area contributed by atoms with Gasteiger partial charge in [0.2, 0.25) is 0 Å². The van der Waals surface area contributed by atoms with Crippen molar-refractivity contribution in [1.82, 2.24) is 0 Å². The molecule has 0 saturated carbocycles. The molecule has 0 atom stereocenters. The third kappa shape index (κ3) is 2.42. The summed E-state index contributed by atoms with van der Waals surface area (Å²) >= 11 is 0. The van der Waals surface area contributed by atoms with Gasteiger partial charge >= 0.3 is 0 Å². The van der Waals surface area contributed by atoms with E-state index >= 15 is 0 Å². The fraction of sp³-hybridized carbons (Fsp3) is 0.500. The SMILES string of the molecule is COc1cc(C)c(C)c(CCCN)c1O. The van der Waals surface area contributed by atoms with Gasteiger partial charge in [-0.05, 0) is 50.4 Å². The molecule has 84 valence electrons. The number of hydrogen-bond acceptors (Lipinski definition) is 3. The monoisotopic (exact) mass is 209 g/mol. The standard InChI is InChI=1S/C12H19NO2/c1-8-7-11(15-3)12(14)10(9(8)2)5-4-6-13/h7,14H,4-6,13H2,1-3H3. The van der Waals surface area contributed by atoms with Crippen LogP contribution in [0.2, 0.25) is 0 Å². The lowest BCUT2D eigenvalue weighted by Crippen LogP contribution is -2.03. The fourth-order valence-electron chi connectivity index (χ4n) is 1.68. The molecular weight excluding hydrogens is 190 g/mol. The Morgan fingerprint density at radius 1 is 1.40 bits per heavy atom. The lowest BCUT2D eigenvalue weighted by atomic mass is 9.98. The number of benzene rings is 1. The molecular formula is C12H19NO2. The maximum absolute atomic E-state index is 9.95. The highest BCUT2D eigenvalue weighted by molar-refractivity contribution is 5.52. The first-order valence-electron chi connectivity index (χ1n) is 5.18. The predicted molar refractivity (Wildman–Crippen MR) is 61.5 cm³/mol. The van der Waals surface area contributed by atoms with Crippen LogP contribution in [0.4, 0.5) is 0 Å². The van der Waals surface area contributed by atoms with Gasteiger partial charge in [-0.15, -0.1) is 0 Å². The summed E-state index contributed by atoms with van der Waals surface area (Å²) in [6.45, 7) is 4.67. The largest absolute Gasteiger partial charge is 0.504 e. The van der Waals surface area contributed by atoms with Crippen molar-refractivity contribution in [3.8, 4) is 11.5 Å². The van der Waals surface area contributed by atoms with Crippen molar-refractivity contribution >= 4 is 0 Å². The highest BCUT2D eigenvalue weighted by Crippen LogP contribution is 2.34. The summed E-state index contributed by atoms with van der Waals surface area (Å²) in [5.74, 6) is 0.805. The molecule has 1 aromatic carbocycles. The molecule has 0 radical (unpaired) electrons. The lowest BCUT2D eigenvalue weighted by Gasteiger charge is -2.14. The van der Waals surface area contributed by atoms with Gasteiger partial charge in [0, 0.05) is 5.56 Å². The second-order valence-electron chi connectivity index (χ2n) is 3.74. The fourth-order valence-corrected chi connectivity index (χ4v) is 1.68. The van der Waals surface area contributed by atoms with E-state index in [1.807, 2.05) is 19.9 Å². The van der Waals surface area contributed by atoms with Crippen molar-refractivity contribution in [2.45, 2.75) is 26.7 Å². The third-order valence-electron chi connectivity index (χ3n) is 2.76. The average molecular weight is 209 g/mol. The summed E-state index contributed by atoms with van der Waals surface area (Å²) in [7, 11) is 1.57. The molecule has 0 aromatic heterocycles. The molecule has 0 fully saturated rings. The van der Waals surface area contributed by atoms with E-state index in [-0.39, 0.29) is 5.75 Å². The number of phenols is 1. The molecule has 0 bridgehead atoms. The van der Waals surface area contributed by atoms with E-state index < -0.39 is 0 Å². The molecule has 1 rings (SSSR count). The first-order valence-corrected chi connectivity index (χ1v) is 5.18. The molecule has 3 heteroatoms. The summed E-state index contributed by atoms with van der Waals surface area (Å²) in [5, 5.41) is 9.95. The minimum absolute atomic E-state index is 0.258. The van der Waals surface area contributed by atoms with Crippen molar-refractivity contribution in [3.05, 3.63) is 22.8 Å². The van der Waals surface area contributed by atoms with Crippen LogP contribution in [0.3, 0.4) is 0 Å². The van der Waals surface area contributed by atoms with Gasteiger partial charge in [-0.1, -0.05) is 0 Å². The molecule has 0 aliphatic rings. The molecule has 0 unspecified atom stereocenters. The van der Waals surface area contributed by atoms with Crippen LogP contribution in [-0.4, -0.2) is 18.8 Å². The van der Waals surface area contributed by atoms with E-state index in [9.17, 15) is 5.11 Å². The molecule has 3 N–H and O–H groups in total. The molecule has 0 saturated heterocycles. The highest BCUT2D eigenvalue weighted by Gasteiger charge is 2.12. The van der Waals surface area contributed by atoms with Gasteiger partial charge in [0.1, 0.15) is 0 Å². The minimum atomic E-state index is 0.258. The zero-order chi connectivity index (χ0) is 11.4. The topological polar surface area (TPSA) is 55.5 Å². The van der Waals surface area contributed by atoms with Gasteiger partial charge < -0.3 is 15.6 Å². The van der Waals surface area contributed by atoms with Gasteiger partial charge in [0.25, 0.3) is 0 Å². The molecule has 0 amide bonds. The Kier molecular flexibility index (Phi) is 3.97. The number of nitrogens with two attached hydrogens (primary N) is 1. The first kappa shape index (κ1) is 11.9. The normalized spacial score (nSPS) is 10.4. The zero-order valence-corrected chi connectivity index (χ0v) is 9.63. The number of phenolic OH excluding ortho intramolecular Hbond substituents is 1.